The van der Waals surface area contributed by atoms with E-state index in [9.17, 15) is 0 Å². The first kappa shape index (κ1) is 15.9. The van der Waals surface area contributed by atoms with E-state index in [2.05, 4.69) is 21.2 Å². The van der Waals surface area contributed by atoms with Crippen LogP contribution < -0.4 is 10.1 Å². The molecular formula is C14H11BrCl3NO. The molecule has 0 radical (unpaired) electrons. The molecule has 0 aliphatic carbocycles. The van der Waals surface area contributed by atoms with Crippen LogP contribution in [0.1, 0.15) is 5.56 Å². The van der Waals surface area contributed by atoms with Crippen LogP contribution >= 0.6 is 50.7 Å². The Kier molecular flexibility index (Phi) is 5.58. The molecule has 2 aromatic rings. The largest absolute Gasteiger partial charge is 0.455 e. The van der Waals surface area contributed by atoms with Crippen molar-refractivity contribution in [1.29, 1.82) is 0 Å². The third-order valence-electron chi connectivity index (χ3n) is 2.58. The minimum absolute atomic E-state index is 0.398. The van der Waals surface area contributed by atoms with Crippen molar-refractivity contribution < 1.29 is 4.74 Å². The normalized spacial score (nSPS) is 10.7. The molecule has 0 heterocycles. The Bertz CT molecular complexity index is 634. The zero-order valence-corrected chi connectivity index (χ0v) is 14.4. The maximum Gasteiger partial charge on any atom is 0.147 e. The first-order valence-electron chi connectivity index (χ1n) is 5.76. The molecule has 2 aromatic carbocycles. The van der Waals surface area contributed by atoms with Gasteiger partial charge in [0.05, 0.1) is 15.1 Å². The van der Waals surface area contributed by atoms with Gasteiger partial charge in [-0.3, -0.25) is 0 Å². The lowest BCUT2D eigenvalue weighted by Crippen LogP contribution is -2.06. The van der Waals surface area contributed by atoms with E-state index >= 15 is 0 Å². The van der Waals surface area contributed by atoms with E-state index in [1.807, 2.05) is 25.2 Å². The van der Waals surface area contributed by atoms with Gasteiger partial charge in [-0.15, -0.1) is 0 Å². The summed E-state index contributed by atoms with van der Waals surface area (Å²) in [5.41, 5.74) is 1.00. The number of hydrogen-bond acceptors (Lipinski definition) is 2. The average molecular weight is 396 g/mol. The molecule has 0 bridgehead atoms. The summed E-state index contributed by atoms with van der Waals surface area (Å²) in [6, 6.07) is 8.93. The van der Waals surface area contributed by atoms with Crippen molar-refractivity contribution in [2.75, 3.05) is 7.05 Å². The van der Waals surface area contributed by atoms with Gasteiger partial charge in [-0.2, -0.15) is 0 Å². The highest BCUT2D eigenvalue weighted by atomic mass is 79.9. The van der Waals surface area contributed by atoms with Crippen LogP contribution in [0, 0.1) is 0 Å². The van der Waals surface area contributed by atoms with E-state index < -0.39 is 0 Å². The summed E-state index contributed by atoms with van der Waals surface area (Å²) in [6.07, 6.45) is 0. The van der Waals surface area contributed by atoms with Gasteiger partial charge in [0.15, 0.2) is 0 Å². The van der Waals surface area contributed by atoms with Crippen LogP contribution in [-0.2, 0) is 6.54 Å². The molecule has 1 N–H and O–H groups in total. The predicted octanol–water partition coefficient (Wildman–Crippen LogP) is 5.92. The Morgan fingerprint density at radius 3 is 2.40 bits per heavy atom. The van der Waals surface area contributed by atoms with Crippen LogP contribution in [0.3, 0.4) is 0 Å². The van der Waals surface area contributed by atoms with Crippen molar-refractivity contribution in [3.05, 3.63) is 55.4 Å². The molecule has 0 aromatic heterocycles. The topological polar surface area (TPSA) is 21.3 Å². The molecular weight excluding hydrogens is 384 g/mol. The second-order valence-corrected chi connectivity index (χ2v) is 6.22. The summed E-state index contributed by atoms with van der Waals surface area (Å²) in [5, 5.41) is 4.31. The molecule has 0 saturated carbocycles. The molecule has 6 heteroatoms. The smallest absolute Gasteiger partial charge is 0.147 e. The van der Waals surface area contributed by atoms with Gasteiger partial charge in [0.2, 0.25) is 0 Å². The van der Waals surface area contributed by atoms with Crippen molar-refractivity contribution in [3.63, 3.8) is 0 Å². The molecule has 2 rings (SSSR count). The van der Waals surface area contributed by atoms with Gasteiger partial charge in [0.1, 0.15) is 11.5 Å². The van der Waals surface area contributed by atoms with Crippen LogP contribution in [0.4, 0.5) is 0 Å². The Balaban J connectivity index is 2.37. The number of rotatable bonds is 4. The van der Waals surface area contributed by atoms with Crippen LogP contribution in [0.15, 0.2) is 34.8 Å². The first-order chi connectivity index (χ1) is 9.51. The summed E-state index contributed by atoms with van der Waals surface area (Å²) in [7, 11) is 1.87. The predicted molar refractivity (Wildman–Crippen MR) is 88.5 cm³/mol. The molecule has 0 spiro atoms. The molecule has 0 aliphatic heterocycles. The van der Waals surface area contributed by atoms with Gasteiger partial charge in [-0.1, -0.05) is 50.7 Å². The minimum Gasteiger partial charge on any atom is -0.455 e. The summed E-state index contributed by atoms with van der Waals surface area (Å²) in [5.74, 6) is 1.18. The Labute approximate surface area is 141 Å². The fourth-order valence-electron chi connectivity index (χ4n) is 1.68. The van der Waals surface area contributed by atoms with Crippen LogP contribution in [0.25, 0.3) is 0 Å². The molecule has 2 nitrogen and oxygen atoms in total. The third-order valence-corrected chi connectivity index (χ3v) is 4.10. The van der Waals surface area contributed by atoms with E-state index in [0.29, 0.717) is 33.1 Å². The number of nitrogens with one attached hydrogen (secondary N) is 1. The lowest BCUT2D eigenvalue weighted by atomic mass is 10.2. The van der Waals surface area contributed by atoms with Crippen LogP contribution in [-0.4, -0.2) is 7.05 Å². The number of benzene rings is 2. The molecule has 0 aliphatic rings. The van der Waals surface area contributed by atoms with E-state index in [1.54, 1.807) is 12.1 Å². The average Bonchev–Trinajstić information content (AvgIpc) is 2.39. The maximum absolute atomic E-state index is 6.12. The fourth-order valence-corrected chi connectivity index (χ4v) is 2.66. The molecule has 0 unspecified atom stereocenters. The molecule has 0 atom stereocenters. The van der Waals surface area contributed by atoms with Gasteiger partial charge < -0.3 is 10.1 Å². The van der Waals surface area contributed by atoms with Gasteiger partial charge in [0, 0.05) is 22.6 Å². The molecule has 0 saturated heterocycles. The maximum atomic E-state index is 6.12. The quantitative estimate of drug-likeness (QED) is 0.649. The monoisotopic (exact) mass is 393 g/mol. The second-order valence-electron chi connectivity index (χ2n) is 4.08. The Hall–Kier alpha value is -0.450. The zero-order chi connectivity index (χ0) is 14.7. The van der Waals surface area contributed by atoms with E-state index in [4.69, 9.17) is 39.5 Å². The van der Waals surface area contributed by atoms with Gasteiger partial charge in [-0.25, -0.2) is 0 Å². The number of halogens is 4. The number of ether oxygens (including phenoxy) is 1. The number of hydrogen-bond donors (Lipinski definition) is 1. The molecule has 106 valence electrons. The van der Waals surface area contributed by atoms with E-state index in [0.717, 1.165) is 10.0 Å². The van der Waals surface area contributed by atoms with Crippen molar-refractivity contribution >= 4 is 50.7 Å². The highest BCUT2D eigenvalue weighted by Gasteiger charge is 2.11. The summed E-state index contributed by atoms with van der Waals surface area (Å²) in [6.45, 7) is 0.674. The zero-order valence-electron chi connectivity index (χ0n) is 10.5. The summed E-state index contributed by atoms with van der Waals surface area (Å²) in [4.78, 5) is 0. The van der Waals surface area contributed by atoms with Crippen LogP contribution in [0.2, 0.25) is 15.1 Å². The van der Waals surface area contributed by atoms with Crippen molar-refractivity contribution in [1.82, 2.24) is 5.32 Å². The molecule has 20 heavy (non-hydrogen) atoms. The lowest BCUT2D eigenvalue weighted by Gasteiger charge is -2.13. The van der Waals surface area contributed by atoms with Gasteiger partial charge in [-0.05, 0) is 31.3 Å². The minimum atomic E-state index is 0.398. The van der Waals surface area contributed by atoms with Gasteiger partial charge >= 0.3 is 0 Å². The highest BCUT2D eigenvalue weighted by molar-refractivity contribution is 9.10. The van der Waals surface area contributed by atoms with Gasteiger partial charge in [0.25, 0.3) is 0 Å². The molecule has 0 fully saturated rings. The fraction of sp³-hybridized carbons (Fsp3) is 0.143. The van der Waals surface area contributed by atoms with Crippen molar-refractivity contribution in [2.45, 2.75) is 6.54 Å². The summed E-state index contributed by atoms with van der Waals surface area (Å²) >= 11 is 21.4. The van der Waals surface area contributed by atoms with E-state index in [1.165, 1.54) is 0 Å². The standard InChI is InChI=1S/C14H11BrCl3NO/c1-19-7-8-4-9(15)2-3-13(8)20-14-6-11(17)10(16)5-12(14)18/h2-6,19H,7H2,1H3. The van der Waals surface area contributed by atoms with Crippen LogP contribution in [0.5, 0.6) is 11.5 Å². The first-order valence-corrected chi connectivity index (χ1v) is 7.69. The van der Waals surface area contributed by atoms with Crippen molar-refractivity contribution in [3.8, 4) is 11.5 Å². The third kappa shape index (κ3) is 3.80. The SMILES string of the molecule is CNCc1cc(Br)ccc1Oc1cc(Cl)c(Cl)cc1Cl. The van der Waals surface area contributed by atoms with E-state index in [-0.39, 0.29) is 0 Å². The molecule has 0 amide bonds. The lowest BCUT2D eigenvalue weighted by molar-refractivity contribution is 0.474. The second kappa shape index (κ2) is 7.01. The Morgan fingerprint density at radius 1 is 1.00 bits per heavy atom. The summed E-state index contributed by atoms with van der Waals surface area (Å²) < 4.78 is 6.83. The Morgan fingerprint density at radius 2 is 1.70 bits per heavy atom. The highest BCUT2D eigenvalue weighted by Crippen LogP contribution is 2.37. The van der Waals surface area contributed by atoms with Crippen molar-refractivity contribution in [2.24, 2.45) is 0 Å².